The Morgan fingerprint density at radius 3 is 3.00 bits per heavy atom. The van der Waals surface area contributed by atoms with Crippen LogP contribution in [0.1, 0.15) is 0 Å². The van der Waals surface area contributed by atoms with Crippen LogP contribution in [-0.2, 0) is 0 Å². The van der Waals surface area contributed by atoms with Crippen molar-refractivity contribution in [2.75, 3.05) is 5.32 Å². The summed E-state index contributed by atoms with van der Waals surface area (Å²) in [6.07, 6.45) is 3.28. The second kappa shape index (κ2) is 5.14. The molecule has 4 aromatic heterocycles. The summed E-state index contributed by atoms with van der Waals surface area (Å²) in [7, 11) is 0. The first kappa shape index (κ1) is 13.2. The van der Waals surface area contributed by atoms with Crippen LogP contribution < -0.4 is 5.32 Å². The van der Waals surface area contributed by atoms with Gasteiger partial charge in [-0.05, 0) is 23.6 Å². The van der Waals surface area contributed by atoms with Crippen molar-refractivity contribution < 1.29 is 0 Å². The van der Waals surface area contributed by atoms with Crippen molar-refractivity contribution in [3.8, 4) is 11.5 Å². The largest absolute Gasteiger partial charge is 0.337 e. The summed E-state index contributed by atoms with van der Waals surface area (Å²) >= 11 is 1.58. The van der Waals surface area contributed by atoms with Crippen LogP contribution >= 0.6 is 11.3 Å². The molecule has 3 N–H and O–H groups in total. The molecule has 116 valence electrons. The van der Waals surface area contributed by atoms with Crippen molar-refractivity contribution in [2.24, 2.45) is 0 Å². The molecule has 0 aliphatic carbocycles. The Morgan fingerprint density at radius 1 is 1.08 bits per heavy atom. The first-order valence-electron chi connectivity index (χ1n) is 7.32. The molecule has 24 heavy (non-hydrogen) atoms. The van der Waals surface area contributed by atoms with Crippen molar-refractivity contribution in [3.63, 3.8) is 0 Å². The maximum absolute atomic E-state index is 4.61. The summed E-state index contributed by atoms with van der Waals surface area (Å²) in [6, 6.07) is 9.91. The third-order valence-corrected chi connectivity index (χ3v) is 4.60. The average Bonchev–Trinajstić information content (AvgIpc) is 3.33. The second-order valence-corrected chi connectivity index (χ2v) is 6.14. The van der Waals surface area contributed by atoms with E-state index >= 15 is 0 Å². The van der Waals surface area contributed by atoms with E-state index in [0.717, 1.165) is 44.3 Å². The third kappa shape index (κ3) is 2.04. The predicted octanol–water partition coefficient (Wildman–Crippen LogP) is 3.70. The Morgan fingerprint density at radius 2 is 2.04 bits per heavy atom. The van der Waals surface area contributed by atoms with Crippen LogP contribution in [0.25, 0.3) is 32.8 Å². The first-order valence-corrected chi connectivity index (χ1v) is 8.20. The molecular formula is C16H11N7S. The highest BCUT2D eigenvalue weighted by molar-refractivity contribution is 7.16. The van der Waals surface area contributed by atoms with Gasteiger partial charge in [-0.25, -0.2) is 15.0 Å². The highest BCUT2D eigenvalue weighted by atomic mass is 32.1. The average molecular weight is 333 g/mol. The van der Waals surface area contributed by atoms with Crippen LogP contribution in [0.5, 0.6) is 0 Å². The molecule has 0 saturated heterocycles. The van der Waals surface area contributed by atoms with Crippen molar-refractivity contribution in [2.45, 2.75) is 0 Å². The zero-order chi connectivity index (χ0) is 15.9. The normalized spacial score (nSPS) is 11.3. The molecular weight excluding hydrogens is 322 g/mol. The molecule has 4 heterocycles. The lowest BCUT2D eigenvalue weighted by atomic mass is 10.3. The molecule has 5 aromatic rings. The molecule has 5 rings (SSSR count). The summed E-state index contributed by atoms with van der Waals surface area (Å²) < 4.78 is 0. The summed E-state index contributed by atoms with van der Waals surface area (Å²) in [4.78, 5) is 17.5. The first-order chi connectivity index (χ1) is 11.9. The van der Waals surface area contributed by atoms with Gasteiger partial charge in [0.1, 0.15) is 22.7 Å². The fraction of sp³-hybridized carbons (Fsp3) is 0. The highest BCUT2D eigenvalue weighted by Gasteiger charge is 2.14. The van der Waals surface area contributed by atoms with E-state index in [1.807, 2.05) is 35.7 Å². The number of rotatable bonds is 3. The van der Waals surface area contributed by atoms with E-state index in [0.29, 0.717) is 0 Å². The Labute approximate surface area is 139 Å². The molecule has 0 amide bonds. The number of hydrogen-bond donors (Lipinski definition) is 3. The van der Waals surface area contributed by atoms with Gasteiger partial charge in [0, 0.05) is 0 Å². The smallest absolute Gasteiger partial charge is 0.158 e. The summed E-state index contributed by atoms with van der Waals surface area (Å²) in [5.41, 5.74) is 3.49. The molecule has 1 aromatic carbocycles. The van der Waals surface area contributed by atoms with Gasteiger partial charge >= 0.3 is 0 Å². The molecule has 0 unspecified atom stereocenters. The van der Waals surface area contributed by atoms with E-state index < -0.39 is 0 Å². The van der Waals surface area contributed by atoms with Crippen LogP contribution in [0.15, 0.2) is 48.2 Å². The predicted molar refractivity (Wildman–Crippen MR) is 94.4 cm³/mol. The van der Waals surface area contributed by atoms with E-state index in [1.165, 1.54) is 0 Å². The molecule has 0 aliphatic heterocycles. The van der Waals surface area contributed by atoms with Crippen LogP contribution in [0, 0.1) is 0 Å². The summed E-state index contributed by atoms with van der Waals surface area (Å²) in [5.74, 6) is 1.48. The number of H-pyrrole nitrogens is 2. The Hall–Kier alpha value is -3.26. The van der Waals surface area contributed by atoms with Gasteiger partial charge in [-0.1, -0.05) is 12.1 Å². The van der Waals surface area contributed by atoms with Gasteiger partial charge < -0.3 is 10.3 Å². The van der Waals surface area contributed by atoms with Crippen molar-refractivity contribution in [1.29, 1.82) is 0 Å². The lowest BCUT2D eigenvalue weighted by molar-refractivity contribution is 1.08. The number of benzene rings is 1. The highest BCUT2D eigenvalue weighted by Crippen LogP contribution is 2.30. The number of nitrogens with zero attached hydrogens (tertiary/aromatic N) is 4. The number of nitrogens with one attached hydrogen (secondary N) is 3. The number of anilines is 2. The number of thiophene rings is 1. The van der Waals surface area contributed by atoms with E-state index in [9.17, 15) is 0 Å². The lowest BCUT2D eigenvalue weighted by Gasteiger charge is -2.05. The zero-order valence-electron chi connectivity index (χ0n) is 12.3. The van der Waals surface area contributed by atoms with Gasteiger partial charge in [-0.2, -0.15) is 5.10 Å². The minimum absolute atomic E-state index is 0.729. The fourth-order valence-electron chi connectivity index (χ4n) is 2.65. The quantitative estimate of drug-likeness (QED) is 0.468. The standard InChI is InChI=1S/C16H11N7S/c1-2-4-11-10(3-1)20-15(21-11)13-12(7-19-23-13)22-14-9-5-6-24-16(9)18-8-17-14/h1-8H,(H,19,23)(H,20,21)(H,17,18,22). The Kier molecular flexibility index (Phi) is 2.83. The number of aromatic nitrogens is 6. The van der Waals surface area contributed by atoms with E-state index in [2.05, 4.69) is 35.5 Å². The second-order valence-electron chi connectivity index (χ2n) is 5.25. The maximum atomic E-state index is 4.61. The molecule has 0 aliphatic rings. The number of para-hydroxylation sites is 2. The van der Waals surface area contributed by atoms with E-state index in [-0.39, 0.29) is 0 Å². The van der Waals surface area contributed by atoms with Gasteiger partial charge in [0.05, 0.1) is 28.3 Å². The Balaban J connectivity index is 1.59. The van der Waals surface area contributed by atoms with E-state index in [1.54, 1.807) is 23.9 Å². The Bertz CT molecular complexity index is 1120. The minimum Gasteiger partial charge on any atom is -0.337 e. The molecule has 0 bridgehead atoms. The summed E-state index contributed by atoms with van der Waals surface area (Å²) in [6.45, 7) is 0. The lowest BCUT2D eigenvalue weighted by Crippen LogP contribution is -1.96. The number of aromatic amines is 2. The van der Waals surface area contributed by atoms with Gasteiger partial charge in [-0.3, -0.25) is 5.10 Å². The number of hydrogen-bond acceptors (Lipinski definition) is 6. The molecule has 8 heteroatoms. The van der Waals surface area contributed by atoms with Gasteiger partial charge in [-0.15, -0.1) is 11.3 Å². The zero-order valence-corrected chi connectivity index (χ0v) is 13.1. The van der Waals surface area contributed by atoms with Crippen LogP contribution in [-0.4, -0.2) is 30.1 Å². The number of imidazole rings is 1. The monoisotopic (exact) mass is 333 g/mol. The molecule has 7 nitrogen and oxygen atoms in total. The van der Waals surface area contributed by atoms with Crippen LogP contribution in [0.2, 0.25) is 0 Å². The van der Waals surface area contributed by atoms with Gasteiger partial charge in [0.15, 0.2) is 5.82 Å². The number of fused-ring (bicyclic) bond motifs is 2. The minimum atomic E-state index is 0.729. The molecule has 0 atom stereocenters. The topological polar surface area (TPSA) is 95.2 Å². The SMILES string of the molecule is c1ccc2[nH]c(-c3[nH]ncc3Nc3ncnc4sccc34)nc2c1. The molecule has 0 saturated carbocycles. The summed E-state index contributed by atoms with van der Waals surface area (Å²) in [5, 5.41) is 13.5. The van der Waals surface area contributed by atoms with Crippen molar-refractivity contribution in [1.82, 2.24) is 30.1 Å². The van der Waals surface area contributed by atoms with E-state index in [4.69, 9.17) is 0 Å². The van der Waals surface area contributed by atoms with Gasteiger partial charge in [0.2, 0.25) is 0 Å². The van der Waals surface area contributed by atoms with Crippen molar-refractivity contribution >= 4 is 44.1 Å². The van der Waals surface area contributed by atoms with Crippen LogP contribution in [0.3, 0.4) is 0 Å². The molecule has 0 radical (unpaired) electrons. The molecule has 0 fully saturated rings. The van der Waals surface area contributed by atoms with Crippen molar-refractivity contribution in [3.05, 3.63) is 48.2 Å². The maximum Gasteiger partial charge on any atom is 0.158 e. The fourth-order valence-corrected chi connectivity index (χ4v) is 3.38. The van der Waals surface area contributed by atoms with Gasteiger partial charge in [0.25, 0.3) is 0 Å². The third-order valence-electron chi connectivity index (χ3n) is 3.78. The van der Waals surface area contributed by atoms with Crippen LogP contribution in [0.4, 0.5) is 11.5 Å². The molecule has 0 spiro atoms.